The molecule has 0 unspecified atom stereocenters. The highest BCUT2D eigenvalue weighted by Gasteiger charge is 2.14. The first-order valence-corrected chi connectivity index (χ1v) is 10.1. The minimum Gasteiger partial charge on any atom is -0.356 e. The van der Waals surface area contributed by atoms with Gasteiger partial charge in [0, 0.05) is 30.5 Å². The summed E-state index contributed by atoms with van der Waals surface area (Å²) >= 11 is 3.47. The Balaban J connectivity index is 2.14. The number of nitrogens with zero attached hydrogens (tertiary/aromatic N) is 2. The molecule has 1 aromatic heterocycles. The van der Waals surface area contributed by atoms with Crippen LogP contribution in [0.4, 0.5) is 22.0 Å². The molecule has 146 valence electrons. The molecule has 1 heterocycles. The second-order valence-corrected chi connectivity index (χ2v) is 8.49. The summed E-state index contributed by atoms with van der Waals surface area (Å²) in [6.45, 7) is 12.6. The predicted octanol–water partition coefficient (Wildman–Crippen LogP) is 5.91. The Hall–Kier alpha value is -2.08. The Bertz CT molecular complexity index is 749. The van der Waals surface area contributed by atoms with Gasteiger partial charge in [-0.15, -0.1) is 0 Å². The molecule has 0 atom stereocenters. The molecule has 27 heavy (non-hydrogen) atoms. The van der Waals surface area contributed by atoms with Crippen LogP contribution in [0.25, 0.3) is 0 Å². The molecule has 0 bridgehead atoms. The number of hydrogen-bond acceptors (Lipinski definition) is 3. The van der Waals surface area contributed by atoms with Crippen molar-refractivity contribution in [2.75, 3.05) is 28.6 Å². The molecule has 0 aliphatic carbocycles. The second-order valence-electron chi connectivity index (χ2n) is 7.67. The number of amides is 2. The molecular weight excluding hydrogens is 404 g/mol. The minimum absolute atomic E-state index is 0.276. The summed E-state index contributed by atoms with van der Waals surface area (Å²) in [7, 11) is 0. The number of hydrogen-bond donors (Lipinski definition) is 2. The van der Waals surface area contributed by atoms with E-state index >= 15 is 0 Å². The number of rotatable bonds is 7. The third-order valence-corrected chi connectivity index (χ3v) is 4.25. The standard InChI is InChI=1S/C21H29BrN4O/c1-14(2)12-26(13-15(3)4)20-11-18(10-19(22)25-20)24-21(27)23-17-8-6-16(5)7-9-17/h6-11,14-15H,12-13H2,1-5H3,(H2,23,24,25,27). The summed E-state index contributed by atoms with van der Waals surface area (Å²) in [5, 5.41) is 5.75. The first kappa shape index (κ1) is 21.2. The van der Waals surface area contributed by atoms with Crippen molar-refractivity contribution in [1.82, 2.24) is 4.98 Å². The molecular formula is C21H29BrN4O. The lowest BCUT2D eigenvalue weighted by Gasteiger charge is -2.28. The maximum atomic E-state index is 12.3. The monoisotopic (exact) mass is 432 g/mol. The smallest absolute Gasteiger partial charge is 0.323 e. The van der Waals surface area contributed by atoms with Gasteiger partial charge in [-0.05, 0) is 52.9 Å². The molecule has 0 saturated carbocycles. The fraction of sp³-hybridized carbons (Fsp3) is 0.429. The van der Waals surface area contributed by atoms with Crippen LogP contribution in [0.5, 0.6) is 0 Å². The molecule has 0 aliphatic rings. The number of aromatic nitrogens is 1. The molecule has 1 aromatic carbocycles. The van der Waals surface area contributed by atoms with Gasteiger partial charge < -0.3 is 15.5 Å². The fourth-order valence-electron chi connectivity index (χ4n) is 2.79. The second kappa shape index (κ2) is 9.74. The van der Waals surface area contributed by atoms with Gasteiger partial charge in [0.05, 0.1) is 0 Å². The van der Waals surface area contributed by atoms with E-state index in [9.17, 15) is 4.79 Å². The molecule has 0 spiro atoms. The van der Waals surface area contributed by atoms with Crippen molar-refractivity contribution in [1.29, 1.82) is 0 Å². The number of urea groups is 1. The van der Waals surface area contributed by atoms with Crippen LogP contribution in [0.2, 0.25) is 0 Å². The van der Waals surface area contributed by atoms with E-state index < -0.39 is 0 Å². The van der Waals surface area contributed by atoms with Gasteiger partial charge in [0.2, 0.25) is 0 Å². The van der Waals surface area contributed by atoms with Crippen molar-refractivity contribution in [2.45, 2.75) is 34.6 Å². The zero-order valence-electron chi connectivity index (χ0n) is 16.7. The molecule has 2 N–H and O–H groups in total. The van der Waals surface area contributed by atoms with E-state index in [0.717, 1.165) is 30.2 Å². The maximum Gasteiger partial charge on any atom is 0.323 e. The summed E-state index contributed by atoms with van der Waals surface area (Å²) in [6.07, 6.45) is 0. The van der Waals surface area contributed by atoms with Crippen molar-refractivity contribution >= 4 is 39.2 Å². The number of aryl methyl sites for hydroxylation is 1. The molecule has 5 nitrogen and oxygen atoms in total. The number of benzene rings is 1. The van der Waals surface area contributed by atoms with Gasteiger partial charge in [-0.2, -0.15) is 0 Å². The highest BCUT2D eigenvalue weighted by Crippen LogP contribution is 2.24. The largest absolute Gasteiger partial charge is 0.356 e. The topological polar surface area (TPSA) is 57.3 Å². The number of carbonyl (C=O) groups excluding carboxylic acids is 1. The highest BCUT2D eigenvalue weighted by molar-refractivity contribution is 9.10. The van der Waals surface area contributed by atoms with E-state index in [1.165, 1.54) is 0 Å². The first-order chi connectivity index (χ1) is 12.7. The van der Waals surface area contributed by atoms with Crippen LogP contribution in [-0.2, 0) is 0 Å². The van der Waals surface area contributed by atoms with Crippen LogP contribution in [-0.4, -0.2) is 24.1 Å². The van der Waals surface area contributed by atoms with Gasteiger partial charge >= 0.3 is 6.03 Å². The van der Waals surface area contributed by atoms with E-state index in [1.54, 1.807) is 6.07 Å². The lowest BCUT2D eigenvalue weighted by Crippen LogP contribution is -2.32. The number of nitrogens with one attached hydrogen (secondary N) is 2. The van der Waals surface area contributed by atoms with E-state index in [-0.39, 0.29) is 6.03 Å². The van der Waals surface area contributed by atoms with Crippen molar-refractivity contribution < 1.29 is 4.79 Å². The third-order valence-electron chi connectivity index (χ3n) is 3.84. The molecule has 0 fully saturated rings. The number of pyridine rings is 1. The molecule has 2 rings (SSSR count). The Morgan fingerprint density at radius 1 is 1.00 bits per heavy atom. The van der Waals surface area contributed by atoms with Gasteiger partial charge in [-0.3, -0.25) is 0 Å². The minimum atomic E-state index is -0.276. The molecule has 0 saturated heterocycles. The molecule has 0 radical (unpaired) electrons. The zero-order chi connectivity index (χ0) is 20.0. The number of halogens is 1. The van der Waals surface area contributed by atoms with E-state index in [2.05, 4.69) is 64.1 Å². The quantitative estimate of drug-likeness (QED) is 0.534. The van der Waals surface area contributed by atoms with Crippen LogP contribution >= 0.6 is 15.9 Å². The van der Waals surface area contributed by atoms with Gasteiger partial charge in [0.25, 0.3) is 0 Å². The van der Waals surface area contributed by atoms with Crippen LogP contribution in [0, 0.1) is 18.8 Å². The molecule has 0 aliphatic heterocycles. The molecule has 2 amide bonds. The van der Waals surface area contributed by atoms with Crippen LogP contribution in [0.3, 0.4) is 0 Å². The van der Waals surface area contributed by atoms with E-state index in [0.29, 0.717) is 22.1 Å². The SMILES string of the molecule is Cc1ccc(NC(=O)Nc2cc(Br)nc(N(CC(C)C)CC(C)C)c2)cc1. The predicted molar refractivity (Wildman–Crippen MR) is 118 cm³/mol. The summed E-state index contributed by atoms with van der Waals surface area (Å²) in [5.74, 6) is 1.90. The number of anilines is 3. The van der Waals surface area contributed by atoms with Gasteiger partial charge in [0.1, 0.15) is 10.4 Å². The van der Waals surface area contributed by atoms with Crippen molar-refractivity contribution in [3.05, 3.63) is 46.6 Å². The Kier molecular flexibility index (Phi) is 7.66. The third kappa shape index (κ3) is 7.21. The van der Waals surface area contributed by atoms with Crippen LogP contribution < -0.4 is 15.5 Å². The summed E-state index contributed by atoms with van der Waals surface area (Å²) in [6, 6.07) is 11.2. The van der Waals surface area contributed by atoms with Gasteiger partial charge in [-0.1, -0.05) is 45.4 Å². The fourth-order valence-corrected chi connectivity index (χ4v) is 3.22. The van der Waals surface area contributed by atoms with Crippen molar-refractivity contribution in [2.24, 2.45) is 11.8 Å². The highest BCUT2D eigenvalue weighted by atomic mass is 79.9. The van der Waals surface area contributed by atoms with Gasteiger partial charge in [0.15, 0.2) is 0 Å². The summed E-state index contributed by atoms with van der Waals surface area (Å²) < 4.78 is 0.697. The first-order valence-electron chi connectivity index (χ1n) is 9.30. The lowest BCUT2D eigenvalue weighted by molar-refractivity contribution is 0.262. The average Bonchev–Trinajstić information content (AvgIpc) is 2.55. The molecule has 2 aromatic rings. The average molecular weight is 433 g/mol. The van der Waals surface area contributed by atoms with E-state index in [4.69, 9.17) is 0 Å². The normalized spacial score (nSPS) is 11.0. The van der Waals surface area contributed by atoms with Gasteiger partial charge in [-0.25, -0.2) is 9.78 Å². The van der Waals surface area contributed by atoms with Crippen molar-refractivity contribution in [3.63, 3.8) is 0 Å². The lowest BCUT2D eigenvalue weighted by atomic mass is 10.1. The summed E-state index contributed by atoms with van der Waals surface area (Å²) in [5.41, 5.74) is 2.61. The Morgan fingerprint density at radius 2 is 1.56 bits per heavy atom. The zero-order valence-corrected chi connectivity index (χ0v) is 18.3. The summed E-state index contributed by atoms with van der Waals surface area (Å²) in [4.78, 5) is 19.2. The molecule has 6 heteroatoms. The Labute approximate surface area is 170 Å². The van der Waals surface area contributed by atoms with Crippen LogP contribution in [0.15, 0.2) is 41.0 Å². The maximum absolute atomic E-state index is 12.3. The van der Waals surface area contributed by atoms with Crippen molar-refractivity contribution in [3.8, 4) is 0 Å². The van der Waals surface area contributed by atoms with E-state index in [1.807, 2.05) is 37.3 Å². The Morgan fingerprint density at radius 3 is 2.11 bits per heavy atom. The number of carbonyl (C=O) groups is 1. The van der Waals surface area contributed by atoms with Crippen LogP contribution in [0.1, 0.15) is 33.3 Å².